The Labute approximate surface area is 93.2 Å². The summed E-state index contributed by atoms with van der Waals surface area (Å²) in [5, 5.41) is 13.3. The SMILES string of the molecule is Nc1c(C2CC2)c(C(=O)O)nn1C1CCC1. The molecular formula is C11H15N3O2. The van der Waals surface area contributed by atoms with Crippen molar-refractivity contribution < 1.29 is 9.90 Å². The van der Waals surface area contributed by atoms with Gasteiger partial charge in [0.05, 0.1) is 6.04 Å². The van der Waals surface area contributed by atoms with Crippen molar-refractivity contribution in [1.29, 1.82) is 0 Å². The van der Waals surface area contributed by atoms with Crippen molar-refractivity contribution in [2.45, 2.75) is 44.1 Å². The highest BCUT2D eigenvalue weighted by molar-refractivity contribution is 5.89. The average Bonchev–Trinajstić information content (AvgIpc) is 2.91. The quantitative estimate of drug-likeness (QED) is 0.815. The van der Waals surface area contributed by atoms with Crippen molar-refractivity contribution in [3.05, 3.63) is 11.3 Å². The highest BCUT2D eigenvalue weighted by Gasteiger charge is 2.36. The van der Waals surface area contributed by atoms with E-state index in [0.717, 1.165) is 31.2 Å². The molecule has 1 aromatic heterocycles. The second kappa shape index (κ2) is 3.23. The number of carboxylic acid groups (broad SMARTS) is 1. The zero-order valence-electron chi connectivity index (χ0n) is 9.02. The summed E-state index contributed by atoms with van der Waals surface area (Å²) in [7, 11) is 0. The van der Waals surface area contributed by atoms with Crippen molar-refractivity contribution >= 4 is 11.8 Å². The largest absolute Gasteiger partial charge is 0.476 e. The molecule has 3 N–H and O–H groups in total. The number of aromatic carboxylic acids is 1. The predicted molar refractivity (Wildman–Crippen MR) is 58.5 cm³/mol. The summed E-state index contributed by atoms with van der Waals surface area (Å²) in [6.45, 7) is 0. The van der Waals surface area contributed by atoms with Crippen LogP contribution in [0.4, 0.5) is 5.82 Å². The van der Waals surface area contributed by atoms with E-state index in [0.29, 0.717) is 17.8 Å². The van der Waals surface area contributed by atoms with Crippen LogP contribution in [0.3, 0.4) is 0 Å². The van der Waals surface area contributed by atoms with Crippen molar-refractivity contribution in [3.8, 4) is 0 Å². The first kappa shape index (κ1) is 9.69. The fourth-order valence-electron chi connectivity index (χ4n) is 2.30. The van der Waals surface area contributed by atoms with Crippen molar-refractivity contribution in [3.63, 3.8) is 0 Å². The monoisotopic (exact) mass is 221 g/mol. The predicted octanol–water partition coefficient (Wildman–Crippen LogP) is 1.77. The fourth-order valence-corrected chi connectivity index (χ4v) is 2.30. The maximum Gasteiger partial charge on any atom is 0.356 e. The van der Waals surface area contributed by atoms with Gasteiger partial charge in [0.15, 0.2) is 5.69 Å². The van der Waals surface area contributed by atoms with Gasteiger partial charge < -0.3 is 10.8 Å². The molecule has 2 saturated carbocycles. The molecule has 0 radical (unpaired) electrons. The molecule has 3 rings (SSSR count). The number of rotatable bonds is 3. The first-order valence-corrected chi connectivity index (χ1v) is 5.79. The van der Waals surface area contributed by atoms with Gasteiger partial charge in [-0.1, -0.05) is 0 Å². The van der Waals surface area contributed by atoms with Gasteiger partial charge in [0.25, 0.3) is 0 Å². The zero-order valence-corrected chi connectivity index (χ0v) is 9.02. The Morgan fingerprint density at radius 1 is 1.38 bits per heavy atom. The molecule has 2 fully saturated rings. The minimum Gasteiger partial charge on any atom is -0.476 e. The van der Waals surface area contributed by atoms with E-state index < -0.39 is 5.97 Å². The summed E-state index contributed by atoms with van der Waals surface area (Å²) in [6, 6.07) is 0.325. The molecule has 86 valence electrons. The van der Waals surface area contributed by atoms with Gasteiger partial charge in [0, 0.05) is 5.56 Å². The molecule has 0 aliphatic heterocycles. The standard InChI is InChI=1S/C11H15N3O2/c12-10-8(6-4-5-6)9(11(15)16)13-14(10)7-2-1-3-7/h6-7H,1-5,12H2,(H,15,16). The Hall–Kier alpha value is -1.52. The van der Waals surface area contributed by atoms with Crippen LogP contribution in [-0.4, -0.2) is 20.9 Å². The lowest BCUT2D eigenvalue weighted by atomic mass is 9.93. The van der Waals surface area contributed by atoms with Crippen molar-refractivity contribution in [2.75, 3.05) is 5.73 Å². The number of nitrogen functional groups attached to an aromatic ring is 1. The molecule has 0 amide bonds. The van der Waals surface area contributed by atoms with E-state index in [1.807, 2.05) is 0 Å². The molecule has 0 saturated heterocycles. The summed E-state index contributed by atoms with van der Waals surface area (Å²) in [6.07, 6.45) is 5.40. The Morgan fingerprint density at radius 3 is 2.50 bits per heavy atom. The zero-order chi connectivity index (χ0) is 11.3. The van der Waals surface area contributed by atoms with Gasteiger partial charge in [-0.2, -0.15) is 5.10 Å². The molecule has 0 atom stereocenters. The third-order valence-electron chi connectivity index (χ3n) is 3.59. The van der Waals surface area contributed by atoms with E-state index in [1.54, 1.807) is 4.68 Å². The molecule has 1 aromatic rings. The number of carbonyl (C=O) groups is 1. The van der Waals surface area contributed by atoms with Gasteiger partial charge in [-0.3, -0.25) is 0 Å². The van der Waals surface area contributed by atoms with Gasteiger partial charge in [-0.15, -0.1) is 0 Å². The molecule has 5 nitrogen and oxygen atoms in total. The Balaban J connectivity index is 2.05. The molecule has 5 heteroatoms. The van der Waals surface area contributed by atoms with Gasteiger partial charge in [0.1, 0.15) is 5.82 Å². The third kappa shape index (κ3) is 1.31. The number of hydrogen-bond acceptors (Lipinski definition) is 3. The summed E-state index contributed by atoms with van der Waals surface area (Å²) in [4.78, 5) is 11.1. The van der Waals surface area contributed by atoms with Crippen LogP contribution in [0.1, 0.15) is 60.1 Å². The first-order chi connectivity index (χ1) is 7.68. The Kier molecular flexibility index (Phi) is 1.96. The minimum atomic E-state index is -0.952. The molecule has 2 aliphatic carbocycles. The molecule has 1 heterocycles. The minimum absolute atomic E-state index is 0.173. The lowest BCUT2D eigenvalue weighted by Gasteiger charge is -2.26. The summed E-state index contributed by atoms with van der Waals surface area (Å²) in [5.74, 6) is -0.0313. The molecule has 0 spiro atoms. The van der Waals surface area contributed by atoms with E-state index in [1.165, 1.54) is 6.42 Å². The summed E-state index contributed by atoms with van der Waals surface area (Å²) < 4.78 is 1.74. The highest BCUT2D eigenvalue weighted by Crippen LogP contribution is 2.46. The van der Waals surface area contributed by atoms with Crippen molar-refractivity contribution in [2.24, 2.45) is 0 Å². The van der Waals surface area contributed by atoms with Crippen LogP contribution in [0, 0.1) is 0 Å². The first-order valence-electron chi connectivity index (χ1n) is 5.79. The second-order valence-corrected chi connectivity index (χ2v) is 4.76. The van der Waals surface area contributed by atoms with Crippen LogP contribution >= 0.6 is 0 Å². The number of nitrogens with zero attached hydrogens (tertiary/aromatic N) is 2. The van der Waals surface area contributed by atoms with E-state index in [-0.39, 0.29) is 5.69 Å². The van der Waals surface area contributed by atoms with Crippen LogP contribution in [-0.2, 0) is 0 Å². The Bertz CT molecular complexity index is 444. The van der Waals surface area contributed by atoms with Crippen LogP contribution < -0.4 is 5.73 Å². The van der Waals surface area contributed by atoms with Gasteiger partial charge in [0.2, 0.25) is 0 Å². The van der Waals surface area contributed by atoms with Crippen LogP contribution in [0.25, 0.3) is 0 Å². The Morgan fingerprint density at radius 2 is 2.06 bits per heavy atom. The lowest BCUT2D eigenvalue weighted by molar-refractivity contribution is 0.0687. The van der Waals surface area contributed by atoms with E-state index in [2.05, 4.69) is 5.10 Å². The van der Waals surface area contributed by atoms with Crippen LogP contribution in [0.15, 0.2) is 0 Å². The smallest absolute Gasteiger partial charge is 0.356 e. The molecule has 0 bridgehead atoms. The van der Waals surface area contributed by atoms with Gasteiger partial charge in [-0.05, 0) is 38.0 Å². The topological polar surface area (TPSA) is 81.1 Å². The van der Waals surface area contributed by atoms with Crippen LogP contribution in [0.5, 0.6) is 0 Å². The number of carboxylic acids is 1. The van der Waals surface area contributed by atoms with E-state index >= 15 is 0 Å². The van der Waals surface area contributed by atoms with Gasteiger partial charge in [-0.25, -0.2) is 9.48 Å². The maximum absolute atomic E-state index is 11.1. The number of aromatic nitrogens is 2. The molecular weight excluding hydrogens is 206 g/mol. The average molecular weight is 221 g/mol. The third-order valence-corrected chi connectivity index (χ3v) is 3.59. The normalized spacial score (nSPS) is 20.8. The van der Waals surface area contributed by atoms with Crippen LogP contribution in [0.2, 0.25) is 0 Å². The molecule has 16 heavy (non-hydrogen) atoms. The van der Waals surface area contributed by atoms with Gasteiger partial charge >= 0.3 is 5.97 Å². The summed E-state index contributed by atoms with van der Waals surface area (Å²) in [5.41, 5.74) is 6.98. The molecule has 0 unspecified atom stereocenters. The highest BCUT2D eigenvalue weighted by atomic mass is 16.4. The number of hydrogen-bond donors (Lipinski definition) is 2. The van der Waals surface area contributed by atoms with E-state index in [9.17, 15) is 4.79 Å². The van der Waals surface area contributed by atoms with Crippen molar-refractivity contribution in [1.82, 2.24) is 9.78 Å². The number of nitrogens with two attached hydrogens (primary N) is 1. The molecule has 0 aromatic carbocycles. The van der Waals surface area contributed by atoms with E-state index in [4.69, 9.17) is 10.8 Å². The fraction of sp³-hybridized carbons (Fsp3) is 0.636. The summed E-state index contributed by atoms with van der Waals surface area (Å²) >= 11 is 0. The lowest BCUT2D eigenvalue weighted by Crippen LogP contribution is -2.20. The maximum atomic E-state index is 11.1. The number of anilines is 1. The second-order valence-electron chi connectivity index (χ2n) is 4.76. The molecule has 2 aliphatic rings.